The van der Waals surface area contributed by atoms with Crippen LogP contribution in [0.15, 0.2) is 103 Å². The number of benzene rings is 3. The number of nitrogens with zero attached hydrogens (tertiary/aromatic N) is 3. The number of amides is 1. The standard InChI is InChI=1S/C31H25N3O6/c1-20-15-25(40-19-21-7-3-2-4-8-21)12-13-26(20)29(35)27-28(23-10-5-11-24(16-23)34(38)39)33(31(37)30(27)36)18-22-9-6-14-32-17-22/h2-17,28,35H,18-19H2,1H3/t28-/m1/s1. The van der Waals surface area contributed by atoms with Crippen LogP contribution in [-0.4, -0.2) is 31.6 Å². The van der Waals surface area contributed by atoms with Gasteiger partial charge < -0.3 is 14.7 Å². The second-order valence-corrected chi connectivity index (χ2v) is 9.39. The van der Waals surface area contributed by atoms with Crippen molar-refractivity contribution in [3.05, 3.63) is 141 Å². The molecule has 0 saturated carbocycles. The molecule has 0 radical (unpaired) electrons. The van der Waals surface area contributed by atoms with Crippen molar-refractivity contribution in [3.63, 3.8) is 0 Å². The third-order valence-electron chi connectivity index (χ3n) is 6.71. The molecule has 9 nitrogen and oxygen atoms in total. The van der Waals surface area contributed by atoms with E-state index in [1.165, 1.54) is 23.1 Å². The van der Waals surface area contributed by atoms with Gasteiger partial charge in [-0.1, -0.05) is 48.5 Å². The molecule has 1 amide bonds. The summed E-state index contributed by atoms with van der Waals surface area (Å²) in [7, 11) is 0. The van der Waals surface area contributed by atoms with Gasteiger partial charge in [0.25, 0.3) is 17.4 Å². The number of non-ortho nitro benzene ring substituents is 1. The fourth-order valence-corrected chi connectivity index (χ4v) is 4.76. The van der Waals surface area contributed by atoms with Gasteiger partial charge in [0.05, 0.1) is 16.5 Å². The summed E-state index contributed by atoms with van der Waals surface area (Å²) in [6, 6.07) is 22.9. The fraction of sp³-hybridized carbons (Fsp3) is 0.129. The number of ether oxygens (including phenoxy) is 1. The van der Waals surface area contributed by atoms with Crippen LogP contribution in [0.2, 0.25) is 0 Å². The minimum absolute atomic E-state index is 0.0216. The molecule has 9 heteroatoms. The summed E-state index contributed by atoms with van der Waals surface area (Å²) in [5.41, 5.74) is 2.63. The van der Waals surface area contributed by atoms with Crippen LogP contribution in [0.5, 0.6) is 5.75 Å². The molecule has 200 valence electrons. The molecule has 1 saturated heterocycles. The first-order chi connectivity index (χ1) is 19.3. The molecule has 3 aromatic carbocycles. The number of aryl methyl sites for hydroxylation is 1. The van der Waals surface area contributed by atoms with Crippen molar-refractivity contribution in [3.8, 4) is 5.75 Å². The summed E-state index contributed by atoms with van der Waals surface area (Å²) in [5.74, 6) is -1.48. The number of hydrogen-bond donors (Lipinski definition) is 1. The Kier molecular flexibility index (Phi) is 7.37. The van der Waals surface area contributed by atoms with E-state index in [1.54, 1.807) is 55.7 Å². The van der Waals surface area contributed by atoms with E-state index in [4.69, 9.17) is 4.74 Å². The van der Waals surface area contributed by atoms with Crippen molar-refractivity contribution in [1.82, 2.24) is 9.88 Å². The molecule has 4 aromatic rings. The Morgan fingerprint density at radius 3 is 2.48 bits per heavy atom. The third-order valence-corrected chi connectivity index (χ3v) is 6.71. The van der Waals surface area contributed by atoms with Gasteiger partial charge in [-0.15, -0.1) is 0 Å². The van der Waals surface area contributed by atoms with Gasteiger partial charge in [0, 0.05) is 36.6 Å². The largest absolute Gasteiger partial charge is 0.507 e. The number of carbonyl (C=O) groups is 2. The van der Waals surface area contributed by atoms with Gasteiger partial charge in [-0.2, -0.15) is 0 Å². The number of nitro groups is 1. The molecular formula is C31H25N3O6. The van der Waals surface area contributed by atoms with Crippen LogP contribution in [-0.2, 0) is 22.7 Å². The third kappa shape index (κ3) is 5.30. The fourth-order valence-electron chi connectivity index (χ4n) is 4.76. The highest BCUT2D eigenvalue weighted by Crippen LogP contribution is 2.41. The molecule has 0 spiro atoms. The highest BCUT2D eigenvalue weighted by molar-refractivity contribution is 6.46. The van der Waals surface area contributed by atoms with Gasteiger partial charge >= 0.3 is 0 Å². The topological polar surface area (TPSA) is 123 Å². The zero-order valence-electron chi connectivity index (χ0n) is 21.6. The van der Waals surface area contributed by atoms with Gasteiger partial charge in [0.2, 0.25) is 0 Å². The van der Waals surface area contributed by atoms with Crippen molar-refractivity contribution in [1.29, 1.82) is 0 Å². The van der Waals surface area contributed by atoms with E-state index in [0.29, 0.717) is 34.6 Å². The highest BCUT2D eigenvalue weighted by Gasteiger charge is 2.46. The second kappa shape index (κ2) is 11.2. The number of carbonyl (C=O) groups excluding carboxylic acids is 2. The molecule has 1 aromatic heterocycles. The van der Waals surface area contributed by atoms with Crippen LogP contribution < -0.4 is 4.74 Å². The monoisotopic (exact) mass is 535 g/mol. The average molecular weight is 536 g/mol. The van der Waals surface area contributed by atoms with E-state index in [2.05, 4.69) is 4.98 Å². The van der Waals surface area contributed by atoms with E-state index >= 15 is 0 Å². The molecule has 0 bridgehead atoms. The molecule has 0 aliphatic carbocycles. The Bertz CT molecular complexity index is 1620. The molecule has 0 unspecified atom stereocenters. The minimum Gasteiger partial charge on any atom is -0.507 e. The Balaban J connectivity index is 1.55. The summed E-state index contributed by atoms with van der Waals surface area (Å²) in [6.07, 6.45) is 3.16. The minimum atomic E-state index is -1.05. The van der Waals surface area contributed by atoms with Crippen molar-refractivity contribution >= 4 is 23.1 Å². The Morgan fingerprint density at radius 1 is 1.00 bits per heavy atom. The van der Waals surface area contributed by atoms with Crippen LogP contribution in [0, 0.1) is 17.0 Å². The maximum absolute atomic E-state index is 13.4. The van der Waals surface area contributed by atoms with E-state index in [9.17, 15) is 24.8 Å². The first-order valence-corrected chi connectivity index (χ1v) is 12.5. The number of nitro benzene ring substituents is 1. The first-order valence-electron chi connectivity index (χ1n) is 12.5. The normalized spacial score (nSPS) is 16.2. The molecule has 1 fully saturated rings. The number of Topliss-reactive ketones (excluding diaryl/α,β-unsaturated/α-hetero) is 1. The predicted octanol–water partition coefficient (Wildman–Crippen LogP) is 5.50. The summed E-state index contributed by atoms with van der Waals surface area (Å²) in [5, 5.41) is 23.0. The van der Waals surface area contributed by atoms with Crippen LogP contribution in [0.25, 0.3) is 5.76 Å². The van der Waals surface area contributed by atoms with Crippen molar-refractivity contribution in [2.24, 2.45) is 0 Å². The van der Waals surface area contributed by atoms with E-state index in [0.717, 1.165) is 5.56 Å². The van der Waals surface area contributed by atoms with E-state index < -0.39 is 22.7 Å². The Hall–Kier alpha value is -5.31. The number of aromatic nitrogens is 1. The smallest absolute Gasteiger partial charge is 0.295 e. The number of pyridine rings is 1. The lowest BCUT2D eigenvalue weighted by molar-refractivity contribution is -0.384. The van der Waals surface area contributed by atoms with Crippen molar-refractivity contribution < 1.29 is 24.4 Å². The average Bonchev–Trinajstić information content (AvgIpc) is 3.22. The van der Waals surface area contributed by atoms with Gasteiger partial charge in [0.15, 0.2) is 0 Å². The van der Waals surface area contributed by atoms with E-state index in [1.807, 2.05) is 30.3 Å². The Morgan fingerprint density at radius 2 is 1.77 bits per heavy atom. The number of hydrogen-bond acceptors (Lipinski definition) is 7. The summed E-state index contributed by atoms with van der Waals surface area (Å²) < 4.78 is 5.88. The maximum atomic E-state index is 13.4. The van der Waals surface area contributed by atoms with Crippen LogP contribution >= 0.6 is 0 Å². The number of aliphatic hydroxyl groups excluding tert-OH is 1. The first kappa shape index (κ1) is 26.3. The zero-order valence-corrected chi connectivity index (χ0v) is 21.6. The number of likely N-dealkylation sites (tertiary alicyclic amines) is 1. The van der Waals surface area contributed by atoms with Crippen molar-refractivity contribution in [2.75, 3.05) is 0 Å². The molecule has 1 aliphatic heterocycles. The number of ketones is 1. The van der Waals surface area contributed by atoms with Gasteiger partial charge in [-0.25, -0.2) is 0 Å². The molecule has 5 rings (SSSR count). The summed E-state index contributed by atoms with van der Waals surface area (Å²) >= 11 is 0. The lowest BCUT2D eigenvalue weighted by Gasteiger charge is -2.25. The molecular weight excluding hydrogens is 510 g/mol. The van der Waals surface area contributed by atoms with E-state index in [-0.39, 0.29) is 23.6 Å². The molecule has 1 aliphatic rings. The summed E-state index contributed by atoms with van der Waals surface area (Å²) in [4.78, 5) is 43.0. The van der Waals surface area contributed by atoms with Gasteiger partial charge in [-0.05, 0) is 53.4 Å². The van der Waals surface area contributed by atoms with Crippen LogP contribution in [0.3, 0.4) is 0 Å². The highest BCUT2D eigenvalue weighted by atomic mass is 16.6. The number of rotatable bonds is 8. The lowest BCUT2D eigenvalue weighted by Crippen LogP contribution is -2.29. The van der Waals surface area contributed by atoms with Gasteiger partial charge in [0.1, 0.15) is 18.1 Å². The molecule has 40 heavy (non-hydrogen) atoms. The second-order valence-electron chi connectivity index (χ2n) is 9.39. The van der Waals surface area contributed by atoms with Crippen LogP contribution in [0.4, 0.5) is 5.69 Å². The SMILES string of the molecule is Cc1cc(OCc2ccccc2)ccc1C(O)=C1C(=O)C(=O)N(Cc2cccnc2)[C@@H]1c1cccc([N+](=O)[O-])c1. The quantitative estimate of drug-likeness (QED) is 0.104. The Labute approximate surface area is 230 Å². The molecule has 2 heterocycles. The van der Waals surface area contributed by atoms with Gasteiger partial charge in [-0.3, -0.25) is 24.7 Å². The lowest BCUT2D eigenvalue weighted by atomic mass is 9.93. The summed E-state index contributed by atoms with van der Waals surface area (Å²) in [6.45, 7) is 2.14. The number of aliphatic hydroxyl groups is 1. The predicted molar refractivity (Wildman–Crippen MR) is 147 cm³/mol. The molecule has 1 atom stereocenters. The zero-order chi connectivity index (χ0) is 28.2. The maximum Gasteiger partial charge on any atom is 0.295 e. The van der Waals surface area contributed by atoms with Crippen LogP contribution in [0.1, 0.15) is 33.9 Å². The van der Waals surface area contributed by atoms with Crippen molar-refractivity contribution in [2.45, 2.75) is 26.1 Å². The molecule has 1 N–H and O–H groups in total.